The van der Waals surface area contributed by atoms with Crippen LogP contribution in [0, 0.1) is 17.8 Å². The zero-order chi connectivity index (χ0) is 46.5. The van der Waals surface area contributed by atoms with Crippen molar-refractivity contribution >= 4 is 25.8 Å². The van der Waals surface area contributed by atoms with Gasteiger partial charge in [0.25, 0.3) is 0 Å². The normalized spacial score (nSPS) is 35.3. The van der Waals surface area contributed by atoms with Gasteiger partial charge >= 0.3 is 5.97 Å². The number of sulfone groups is 1. The van der Waals surface area contributed by atoms with Crippen molar-refractivity contribution in [2.45, 2.75) is 164 Å². The van der Waals surface area contributed by atoms with Gasteiger partial charge < -0.3 is 44.4 Å². The van der Waals surface area contributed by atoms with Crippen molar-refractivity contribution in [2.75, 3.05) is 40.0 Å². The molecule has 0 radical (unpaired) electrons. The Hall–Kier alpha value is -2.63. The summed E-state index contributed by atoms with van der Waals surface area (Å²) < 4.78 is 71.8. The Kier molecular flexibility index (Phi) is 17.7. The molecule has 62 heavy (non-hydrogen) atoms. The summed E-state index contributed by atoms with van der Waals surface area (Å²) in [6.45, 7) is 15.5. The summed E-state index contributed by atoms with van der Waals surface area (Å²) in [5.74, 6) is -1.70. The summed E-state index contributed by atoms with van der Waals surface area (Å²) in [5.41, 5.74) is -2.50. The average molecular weight is 917 g/mol. The number of rotatable bonds is 13. The molecule has 2 aliphatic rings. The van der Waals surface area contributed by atoms with E-state index in [0.717, 1.165) is 6.26 Å². The highest BCUT2D eigenvalue weighted by molar-refractivity contribution is 7.90. The number of likely N-dealkylation sites (N-methyl/N-ethyl adjacent to an activating group) is 2. The minimum Gasteiger partial charge on any atom is -0.459 e. The number of ether oxygens (including phenoxy) is 3. The average Bonchev–Trinajstić information content (AvgIpc) is 3.64. The van der Waals surface area contributed by atoms with Crippen LogP contribution in [0.2, 0.25) is 0 Å². The Balaban J connectivity index is 1.42. The second-order valence-corrected chi connectivity index (χ2v) is 22.3. The summed E-state index contributed by atoms with van der Waals surface area (Å²) in [5, 5.41) is 55.3. The second-order valence-electron chi connectivity index (χ2n) is 18.5. The Bertz CT molecular complexity index is 1980. The third-order valence-corrected chi connectivity index (χ3v) is 15.2. The first-order valence-corrected chi connectivity index (χ1v) is 25.0. The van der Waals surface area contributed by atoms with Gasteiger partial charge in [0.15, 0.2) is 16.1 Å². The van der Waals surface area contributed by atoms with E-state index in [1.165, 1.54) is 35.9 Å². The van der Waals surface area contributed by atoms with E-state index in [0.29, 0.717) is 31.6 Å². The van der Waals surface area contributed by atoms with Crippen LogP contribution in [0.25, 0.3) is 0 Å². The van der Waals surface area contributed by atoms with Gasteiger partial charge in [-0.25, -0.2) is 21.6 Å². The number of nitrogens with one attached hydrogen (secondary N) is 1. The van der Waals surface area contributed by atoms with Crippen LogP contribution in [0.1, 0.15) is 86.8 Å². The van der Waals surface area contributed by atoms with Crippen LogP contribution in [0.3, 0.4) is 0 Å². The van der Waals surface area contributed by atoms with Gasteiger partial charge in [-0.3, -0.25) is 9.48 Å². The Morgan fingerprint density at radius 3 is 2.26 bits per heavy atom. The summed E-state index contributed by atoms with van der Waals surface area (Å²) in [7, 11) is -3.63. The smallest absolute Gasteiger partial charge is 0.309 e. The highest BCUT2D eigenvalue weighted by Crippen LogP contribution is 2.36. The fraction of sp³-hybridized carbons (Fsp3) is 0.786. The third-order valence-electron chi connectivity index (χ3n) is 12.6. The van der Waals surface area contributed by atoms with E-state index in [2.05, 4.69) is 15.0 Å². The van der Waals surface area contributed by atoms with Crippen LogP contribution in [-0.2, 0) is 51.8 Å². The van der Waals surface area contributed by atoms with E-state index in [1.807, 2.05) is 44.7 Å². The number of cyclic esters (lactones) is 1. The van der Waals surface area contributed by atoms with Gasteiger partial charge in [0.2, 0.25) is 10.0 Å². The molecule has 354 valence electrons. The lowest BCUT2D eigenvalue weighted by Crippen LogP contribution is -2.59. The number of aliphatic hydroxyl groups excluding tert-OH is 2. The number of hydrogen-bond donors (Lipinski definition) is 5. The first-order valence-electron chi connectivity index (χ1n) is 21.6. The van der Waals surface area contributed by atoms with Gasteiger partial charge in [0.1, 0.15) is 23.9 Å². The van der Waals surface area contributed by atoms with Crippen LogP contribution in [-0.4, -0.2) is 168 Å². The maximum absolute atomic E-state index is 13.5. The van der Waals surface area contributed by atoms with Crippen molar-refractivity contribution in [2.24, 2.45) is 17.8 Å². The number of aromatic nitrogens is 3. The summed E-state index contributed by atoms with van der Waals surface area (Å²) >= 11 is 0. The molecule has 0 saturated carbocycles. The van der Waals surface area contributed by atoms with Gasteiger partial charge in [0, 0.05) is 50.6 Å². The maximum Gasteiger partial charge on any atom is 0.309 e. The summed E-state index contributed by atoms with van der Waals surface area (Å²) in [4.78, 5) is 17.4. The van der Waals surface area contributed by atoms with Crippen LogP contribution in [0.4, 0.5) is 0 Å². The predicted octanol–water partition coefficient (Wildman–Crippen LogP) is 1.59. The van der Waals surface area contributed by atoms with E-state index in [4.69, 9.17) is 14.2 Å². The van der Waals surface area contributed by atoms with E-state index in [9.17, 15) is 42.1 Å². The summed E-state index contributed by atoms with van der Waals surface area (Å²) in [6.07, 6.45) is -1.01. The van der Waals surface area contributed by atoms with Crippen LogP contribution in [0.5, 0.6) is 0 Å². The van der Waals surface area contributed by atoms with Crippen molar-refractivity contribution in [3.8, 4) is 0 Å². The highest BCUT2D eigenvalue weighted by atomic mass is 32.2. The Morgan fingerprint density at radius 1 is 1.02 bits per heavy atom. The molecule has 2 saturated heterocycles. The van der Waals surface area contributed by atoms with E-state index < -0.39 is 91.7 Å². The standard InChI is InChI=1S/C42H72N6O12S2/c1-12-35-42(8,53)37(50)30(6)47(10)24-26(2)23-41(7,52)38(27(3)21-28(4)39(51)59-35)60-40-36(49)34(22-29(5)58-40)46(9)19-17-31-25-48(45-44-31)20-18-43-62(56,57)33-15-13-32(14-16-33)61(11,54)55/h13-16,25-30,34-38,40,43,49-50,52-53H,12,17-24H2,1-11H3/t26-,27+,28-,29-,30-,34+,35-,36-,37-,38-,40+,41-,42-/m1/s1. The molecule has 2 fully saturated rings. The monoisotopic (exact) mass is 916 g/mol. The molecule has 0 aliphatic carbocycles. The minimum atomic E-state index is -3.89. The molecule has 4 rings (SSSR count). The molecule has 20 heteroatoms. The zero-order valence-electron chi connectivity index (χ0n) is 38.2. The molecule has 1 aromatic carbocycles. The topological polar surface area (TPSA) is 243 Å². The largest absolute Gasteiger partial charge is 0.459 e. The van der Waals surface area contributed by atoms with Crippen molar-refractivity contribution < 1.29 is 56.3 Å². The fourth-order valence-corrected chi connectivity index (χ4v) is 10.6. The molecule has 13 atom stereocenters. The molecule has 0 bridgehead atoms. The quantitative estimate of drug-likeness (QED) is 0.179. The lowest BCUT2D eigenvalue weighted by Gasteiger charge is -2.46. The van der Waals surface area contributed by atoms with Crippen LogP contribution in [0.15, 0.2) is 40.3 Å². The minimum absolute atomic E-state index is 0.0176. The molecule has 18 nitrogen and oxygen atoms in total. The predicted molar refractivity (Wildman–Crippen MR) is 231 cm³/mol. The maximum atomic E-state index is 13.5. The van der Waals surface area contributed by atoms with Crippen molar-refractivity contribution in [1.29, 1.82) is 0 Å². The number of nitrogens with zero attached hydrogens (tertiary/aromatic N) is 5. The molecule has 2 aromatic rings. The van der Waals surface area contributed by atoms with Gasteiger partial charge in [-0.1, -0.05) is 32.9 Å². The third kappa shape index (κ3) is 13.2. The zero-order valence-corrected chi connectivity index (χ0v) is 39.8. The van der Waals surface area contributed by atoms with Crippen molar-refractivity contribution in [1.82, 2.24) is 29.5 Å². The molecular weight excluding hydrogens is 845 g/mol. The molecule has 1 aromatic heterocycles. The molecule has 0 spiro atoms. The number of benzene rings is 1. The van der Waals surface area contributed by atoms with E-state index in [1.54, 1.807) is 33.9 Å². The second kappa shape index (κ2) is 21.1. The van der Waals surface area contributed by atoms with Crippen LogP contribution >= 0.6 is 0 Å². The number of hydrogen-bond acceptors (Lipinski definition) is 16. The van der Waals surface area contributed by atoms with Gasteiger partial charge in [0.05, 0.1) is 45.8 Å². The highest BCUT2D eigenvalue weighted by Gasteiger charge is 2.48. The van der Waals surface area contributed by atoms with Crippen molar-refractivity contribution in [3.05, 3.63) is 36.2 Å². The molecule has 5 N–H and O–H groups in total. The van der Waals surface area contributed by atoms with Gasteiger partial charge in [-0.15, -0.1) is 5.10 Å². The molecule has 3 heterocycles. The number of sulfonamides is 1. The lowest BCUT2D eigenvalue weighted by atomic mass is 9.79. The molecule has 0 unspecified atom stereocenters. The molecule has 0 amide bonds. The lowest BCUT2D eigenvalue weighted by molar-refractivity contribution is -0.296. The van der Waals surface area contributed by atoms with E-state index in [-0.39, 0.29) is 54.2 Å². The summed E-state index contributed by atoms with van der Waals surface area (Å²) in [6, 6.07) is 4.08. The number of aliphatic hydroxyl groups is 4. The first-order chi connectivity index (χ1) is 28.7. The van der Waals surface area contributed by atoms with E-state index >= 15 is 0 Å². The van der Waals surface area contributed by atoms with Gasteiger partial charge in [-0.05, 0) is 104 Å². The Labute approximate surface area is 368 Å². The molecular formula is C42H72N6O12S2. The number of carbonyl (C=O) groups excluding carboxylic acids is 1. The van der Waals surface area contributed by atoms with Crippen LogP contribution < -0.4 is 4.72 Å². The van der Waals surface area contributed by atoms with Crippen molar-refractivity contribution in [3.63, 3.8) is 0 Å². The molecule has 2 aliphatic heterocycles. The fourth-order valence-electron chi connectivity index (χ4n) is 8.99. The van der Waals surface area contributed by atoms with Gasteiger partial charge in [-0.2, -0.15) is 0 Å². The Morgan fingerprint density at radius 2 is 1.65 bits per heavy atom. The number of carbonyl (C=O) groups is 1. The first kappa shape index (κ1) is 52.0. The SMILES string of the molecule is CC[C@H]1OC(=O)[C@H](C)C[C@H](C)[C@@H](O[C@@H]2O[C@H](C)C[C@H](N(C)CCc3cn(CCNS(=O)(=O)c4ccc(S(C)(=O)=O)cc4)nn3)[C@H]2O)[C@](C)(O)C[C@@H](C)CN(C)[C@H](C)[C@@H](O)[C@]1(C)O. The number of esters is 1.